The second kappa shape index (κ2) is 10.7. The number of halogens is 2. The van der Waals surface area contributed by atoms with Crippen LogP contribution in [0, 0.1) is 11.6 Å². The maximum atomic E-state index is 14.0. The first-order valence-corrected chi connectivity index (χ1v) is 14.8. The fourth-order valence-electron chi connectivity index (χ4n) is 6.53. The van der Waals surface area contributed by atoms with Gasteiger partial charge in [-0.2, -0.15) is 0 Å². The number of benzene rings is 2. The van der Waals surface area contributed by atoms with Crippen LogP contribution in [0.2, 0.25) is 0 Å². The van der Waals surface area contributed by atoms with Gasteiger partial charge in [-0.3, -0.25) is 19.3 Å². The quantitative estimate of drug-likeness (QED) is 0.268. The third kappa shape index (κ3) is 4.62. The van der Waals surface area contributed by atoms with Crippen molar-refractivity contribution in [3.05, 3.63) is 122 Å². The molecule has 46 heavy (non-hydrogen) atoms. The Hall–Kier alpha value is -5.72. The summed E-state index contributed by atoms with van der Waals surface area (Å²) in [4.78, 5) is 50.0. The number of carbonyl (C=O) groups excluding carboxylic acids is 1. The molecule has 6 aromatic rings. The summed E-state index contributed by atoms with van der Waals surface area (Å²) >= 11 is 0. The molecule has 0 radical (unpaired) electrons. The first-order chi connectivity index (χ1) is 22.3. The predicted octanol–water partition coefficient (Wildman–Crippen LogP) is 4.80. The van der Waals surface area contributed by atoms with Crippen molar-refractivity contribution >= 4 is 17.0 Å². The zero-order valence-corrected chi connectivity index (χ0v) is 24.1. The molecule has 2 aliphatic rings. The fraction of sp³-hybridized carbons (Fsp3) is 0.212. The van der Waals surface area contributed by atoms with Gasteiger partial charge in [0.1, 0.15) is 11.6 Å². The summed E-state index contributed by atoms with van der Waals surface area (Å²) in [5.41, 5.74) is 5.00. The van der Waals surface area contributed by atoms with E-state index in [4.69, 9.17) is 13.8 Å². The van der Waals surface area contributed by atoms with Gasteiger partial charge < -0.3 is 13.7 Å². The summed E-state index contributed by atoms with van der Waals surface area (Å²) < 4.78 is 39.5. The van der Waals surface area contributed by atoms with Crippen molar-refractivity contribution < 1.29 is 22.4 Å². The van der Waals surface area contributed by atoms with E-state index in [-0.39, 0.29) is 35.8 Å². The lowest BCUT2D eigenvalue weighted by Gasteiger charge is -2.17. The average molecular weight is 623 g/mol. The minimum absolute atomic E-state index is 0.0363. The van der Waals surface area contributed by atoms with E-state index < -0.39 is 17.3 Å². The van der Waals surface area contributed by atoms with E-state index >= 15 is 0 Å². The average Bonchev–Trinajstić information content (AvgIpc) is 3.83. The molecule has 6 heterocycles. The van der Waals surface area contributed by atoms with Gasteiger partial charge in [-0.15, -0.1) is 5.10 Å². The number of H-pyrrole nitrogens is 1. The highest BCUT2D eigenvalue weighted by atomic mass is 19.1. The van der Waals surface area contributed by atoms with Gasteiger partial charge in [-0.05, 0) is 73.2 Å². The van der Waals surface area contributed by atoms with Crippen LogP contribution in [0.4, 0.5) is 8.78 Å². The molecule has 1 N–H and O–H groups in total. The molecule has 1 amide bonds. The molecular formula is C33H24F2N6O5. The number of hydrogen-bond acceptors (Lipinski definition) is 8. The summed E-state index contributed by atoms with van der Waals surface area (Å²) in [6, 6.07) is 13.9. The van der Waals surface area contributed by atoms with E-state index in [1.165, 1.54) is 28.8 Å². The summed E-state index contributed by atoms with van der Waals surface area (Å²) in [5.74, 6) is -2.46. The maximum absolute atomic E-state index is 14.0. The molecule has 13 heteroatoms. The van der Waals surface area contributed by atoms with E-state index in [0.29, 0.717) is 64.2 Å². The normalized spacial score (nSPS) is 15.6. The fourth-order valence-corrected chi connectivity index (χ4v) is 6.53. The number of oxazole rings is 1. The number of aromatic amines is 1. The van der Waals surface area contributed by atoms with Crippen molar-refractivity contribution in [1.29, 1.82) is 0 Å². The van der Waals surface area contributed by atoms with Crippen LogP contribution in [0.5, 0.6) is 0 Å². The van der Waals surface area contributed by atoms with Gasteiger partial charge in [-0.1, -0.05) is 18.2 Å². The van der Waals surface area contributed by atoms with Crippen molar-refractivity contribution in [2.45, 2.75) is 38.3 Å². The first kappa shape index (κ1) is 27.8. The molecule has 11 nitrogen and oxygen atoms in total. The van der Waals surface area contributed by atoms with Crippen LogP contribution in [0.25, 0.3) is 33.7 Å². The molecule has 0 bridgehead atoms. The number of rotatable bonds is 7. The Labute approximate surface area is 258 Å². The predicted molar refractivity (Wildman–Crippen MR) is 160 cm³/mol. The molecule has 0 saturated carbocycles. The van der Waals surface area contributed by atoms with Crippen molar-refractivity contribution in [1.82, 2.24) is 29.6 Å². The molecule has 1 saturated heterocycles. The van der Waals surface area contributed by atoms with Gasteiger partial charge in [0.05, 0.1) is 52.5 Å². The monoisotopic (exact) mass is 622 g/mol. The van der Waals surface area contributed by atoms with Crippen LogP contribution in [-0.2, 0) is 19.4 Å². The largest absolute Gasteiger partial charge is 0.434 e. The second-order valence-electron chi connectivity index (χ2n) is 11.4. The van der Waals surface area contributed by atoms with E-state index in [0.717, 1.165) is 24.6 Å². The van der Waals surface area contributed by atoms with Gasteiger partial charge in [0.2, 0.25) is 0 Å². The molecule has 4 aromatic heterocycles. The number of nitrogens with zero attached hydrogens (tertiary/aromatic N) is 5. The third-order valence-electron chi connectivity index (χ3n) is 8.62. The Morgan fingerprint density at radius 2 is 1.74 bits per heavy atom. The number of fused-ring (bicyclic) bond motifs is 4. The van der Waals surface area contributed by atoms with Crippen molar-refractivity contribution in [2.75, 3.05) is 6.54 Å². The first-order valence-electron chi connectivity index (χ1n) is 14.8. The summed E-state index contributed by atoms with van der Waals surface area (Å²) in [5, 5.41) is 6.44. The number of nitrogens with one attached hydrogen (secondary N) is 1. The van der Waals surface area contributed by atoms with Gasteiger partial charge in [0.25, 0.3) is 11.8 Å². The SMILES string of the molecule is O=C1c2c(nc(CCc3ccc(F)cc3)c(-c3n[nH]c(=O)o3)c2-c2ccc3c(c2)oc(=O)n3Cc2ccc(F)cn2)[C@@H]2CCCN12. The Morgan fingerprint density at radius 3 is 2.50 bits per heavy atom. The van der Waals surface area contributed by atoms with Crippen molar-refractivity contribution in [3.63, 3.8) is 0 Å². The molecular weight excluding hydrogens is 598 g/mol. The second-order valence-corrected chi connectivity index (χ2v) is 11.4. The Bertz CT molecular complexity index is 2270. The Morgan fingerprint density at radius 1 is 0.913 bits per heavy atom. The molecule has 1 atom stereocenters. The van der Waals surface area contributed by atoms with E-state index in [9.17, 15) is 23.2 Å². The number of aromatic nitrogens is 5. The minimum atomic E-state index is -0.772. The third-order valence-corrected chi connectivity index (χ3v) is 8.62. The molecule has 2 aromatic carbocycles. The topological polar surface area (TPSA) is 140 Å². The van der Waals surface area contributed by atoms with Crippen molar-refractivity contribution in [2.24, 2.45) is 0 Å². The Kier molecular flexibility index (Phi) is 6.48. The molecule has 230 valence electrons. The molecule has 0 aliphatic carbocycles. The smallest absolute Gasteiger partial charge is 0.408 e. The van der Waals surface area contributed by atoms with Crippen LogP contribution in [0.15, 0.2) is 79.2 Å². The van der Waals surface area contributed by atoms with Crippen LogP contribution < -0.4 is 11.5 Å². The molecule has 2 aliphatic heterocycles. The molecule has 0 spiro atoms. The zero-order chi connectivity index (χ0) is 31.5. The highest BCUT2D eigenvalue weighted by Crippen LogP contribution is 2.48. The lowest BCUT2D eigenvalue weighted by Crippen LogP contribution is -2.23. The van der Waals surface area contributed by atoms with Crippen molar-refractivity contribution in [3.8, 4) is 22.6 Å². The van der Waals surface area contributed by atoms with E-state index in [2.05, 4.69) is 15.2 Å². The maximum Gasteiger partial charge on any atom is 0.434 e. The highest BCUT2D eigenvalue weighted by molar-refractivity contribution is 6.08. The number of carbonyl (C=O) groups is 1. The molecule has 8 rings (SSSR count). The summed E-state index contributed by atoms with van der Waals surface area (Å²) in [6.07, 6.45) is 3.55. The lowest BCUT2D eigenvalue weighted by molar-refractivity contribution is 0.0776. The zero-order valence-electron chi connectivity index (χ0n) is 24.1. The molecule has 1 fully saturated rings. The van der Waals surface area contributed by atoms with Crippen LogP contribution in [-0.4, -0.2) is 42.1 Å². The summed E-state index contributed by atoms with van der Waals surface area (Å²) in [7, 11) is 0. The highest BCUT2D eigenvalue weighted by Gasteiger charge is 2.44. The van der Waals surface area contributed by atoms with Gasteiger partial charge in [0, 0.05) is 12.1 Å². The molecule has 0 unspecified atom stereocenters. The number of hydrogen-bond donors (Lipinski definition) is 1. The van der Waals surface area contributed by atoms with Crippen LogP contribution in [0.1, 0.15) is 51.9 Å². The Balaban J connectivity index is 1.32. The van der Waals surface area contributed by atoms with E-state index in [1.54, 1.807) is 35.2 Å². The number of amides is 1. The lowest BCUT2D eigenvalue weighted by atomic mass is 9.89. The number of pyridine rings is 2. The number of aryl methyl sites for hydroxylation is 2. The standard InChI is InChI=1S/C33H24F2N6O5/c34-19-7-3-17(4-8-19)5-11-22-27(30-38-39-32(43)46-30)26(28-29(37-22)24-2-1-13-40(24)31(28)42)18-6-12-23-25(14-18)45-33(44)41(23)16-21-10-9-20(35)15-36-21/h3-4,6-10,12,14-15,24H,1-2,5,11,13,16H2,(H,39,43)/t24-/m0/s1. The van der Waals surface area contributed by atoms with Crippen LogP contribution in [0.3, 0.4) is 0 Å². The summed E-state index contributed by atoms with van der Waals surface area (Å²) in [6.45, 7) is 0.646. The van der Waals surface area contributed by atoms with E-state index in [1.807, 2.05) is 0 Å². The van der Waals surface area contributed by atoms with Gasteiger partial charge >= 0.3 is 11.5 Å². The van der Waals surface area contributed by atoms with Gasteiger partial charge in [0.15, 0.2) is 5.58 Å². The minimum Gasteiger partial charge on any atom is -0.408 e. The van der Waals surface area contributed by atoms with Crippen LogP contribution >= 0.6 is 0 Å². The van der Waals surface area contributed by atoms with Gasteiger partial charge in [-0.25, -0.2) is 23.5 Å².